The van der Waals surface area contributed by atoms with Crippen LogP contribution in [0.2, 0.25) is 0 Å². The molecule has 1 saturated heterocycles. The van der Waals surface area contributed by atoms with Crippen molar-refractivity contribution in [2.24, 2.45) is 5.92 Å². The fourth-order valence-corrected chi connectivity index (χ4v) is 5.24. The van der Waals surface area contributed by atoms with Crippen molar-refractivity contribution in [1.29, 1.82) is 0 Å². The third-order valence-corrected chi connectivity index (χ3v) is 7.12. The quantitative estimate of drug-likeness (QED) is 0.648. The molecule has 30 heavy (non-hydrogen) atoms. The highest BCUT2D eigenvalue weighted by Gasteiger charge is 2.28. The second kappa shape index (κ2) is 9.69. The van der Waals surface area contributed by atoms with Crippen LogP contribution >= 0.6 is 11.8 Å². The molecule has 2 fully saturated rings. The summed E-state index contributed by atoms with van der Waals surface area (Å²) in [7, 11) is 0. The Balaban J connectivity index is 1.33. The highest BCUT2D eigenvalue weighted by Crippen LogP contribution is 2.29. The largest absolute Gasteiger partial charge is 0.360 e. The topological polar surface area (TPSA) is 66.7 Å². The van der Waals surface area contributed by atoms with Gasteiger partial charge < -0.3 is 14.3 Å². The zero-order valence-electron chi connectivity index (χ0n) is 17.5. The molecule has 0 N–H and O–H groups in total. The summed E-state index contributed by atoms with van der Waals surface area (Å²) in [6, 6.07) is 9.62. The average Bonchev–Trinajstić information content (AvgIpc) is 3.43. The molecule has 4 rings (SSSR count). The third-order valence-electron chi connectivity index (χ3n) is 6.02. The van der Waals surface area contributed by atoms with Gasteiger partial charge in [-0.3, -0.25) is 9.59 Å². The van der Waals surface area contributed by atoms with Gasteiger partial charge in [0.25, 0.3) is 5.91 Å². The van der Waals surface area contributed by atoms with Crippen molar-refractivity contribution in [2.45, 2.75) is 49.7 Å². The SMILES string of the molecule is Cc1cc(CSc2ccccc2C(=O)N2CCN(C(=O)CC3CCCC3)CC2)on1. The smallest absolute Gasteiger partial charge is 0.255 e. The third kappa shape index (κ3) is 5.06. The van der Waals surface area contributed by atoms with Crippen LogP contribution in [0.15, 0.2) is 39.8 Å². The van der Waals surface area contributed by atoms with Gasteiger partial charge in [-0.05, 0) is 37.8 Å². The number of aryl methyl sites for hydroxylation is 1. The number of carbonyl (C=O) groups is 2. The maximum absolute atomic E-state index is 13.2. The number of thioether (sulfide) groups is 1. The van der Waals surface area contributed by atoms with Crippen LogP contribution in [0.4, 0.5) is 0 Å². The summed E-state index contributed by atoms with van der Waals surface area (Å²) in [5.74, 6) is 2.29. The van der Waals surface area contributed by atoms with Gasteiger partial charge in [-0.2, -0.15) is 0 Å². The first-order valence-corrected chi connectivity index (χ1v) is 11.8. The molecule has 0 spiro atoms. The van der Waals surface area contributed by atoms with E-state index in [1.807, 2.05) is 47.1 Å². The molecule has 2 aromatic rings. The first-order valence-electron chi connectivity index (χ1n) is 10.8. The van der Waals surface area contributed by atoms with Gasteiger partial charge in [0.05, 0.1) is 17.0 Å². The van der Waals surface area contributed by atoms with E-state index in [0.29, 0.717) is 49.8 Å². The van der Waals surface area contributed by atoms with Gasteiger partial charge >= 0.3 is 0 Å². The molecule has 160 valence electrons. The van der Waals surface area contributed by atoms with Gasteiger partial charge in [0, 0.05) is 43.6 Å². The van der Waals surface area contributed by atoms with Crippen LogP contribution in [-0.4, -0.2) is 52.9 Å². The van der Waals surface area contributed by atoms with Crippen molar-refractivity contribution in [3.8, 4) is 0 Å². The predicted octanol–water partition coefficient (Wildman–Crippen LogP) is 4.14. The summed E-state index contributed by atoms with van der Waals surface area (Å²) >= 11 is 1.58. The lowest BCUT2D eigenvalue weighted by atomic mass is 10.0. The van der Waals surface area contributed by atoms with Crippen molar-refractivity contribution in [3.63, 3.8) is 0 Å². The number of hydrogen-bond donors (Lipinski definition) is 0. The molecule has 1 aliphatic heterocycles. The number of aromatic nitrogens is 1. The number of rotatable bonds is 6. The molecule has 1 aromatic carbocycles. The Labute approximate surface area is 182 Å². The number of benzene rings is 1. The minimum Gasteiger partial charge on any atom is -0.360 e. The standard InChI is InChI=1S/C23H29N3O3S/c1-17-14-19(29-24-17)16-30-21-9-5-4-8-20(21)23(28)26-12-10-25(11-13-26)22(27)15-18-6-2-3-7-18/h4-5,8-9,14,18H,2-3,6-7,10-13,15-16H2,1H3. The zero-order valence-corrected chi connectivity index (χ0v) is 18.3. The molecule has 0 bridgehead atoms. The van der Waals surface area contributed by atoms with Crippen molar-refractivity contribution >= 4 is 23.6 Å². The molecule has 0 unspecified atom stereocenters. The highest BCUT2D eigenvalue weighted by molar-refractivity contribution is 7.98. The summed E-state index contributed by atoms with van der Waals surface area (Å²) in [4.78, 5) is 30.5. The molecule has 1 aliphatic carbocycles. The van der Waals surface area contributed by atoms with Crippen LogP contribution in [0.5, 0.6) is 0 Å². The van der Waals surface area contributed by atoms with Crippen LogP contribution in [0.25, 0.3) is 0 Å². The first kappa shape index (κ1) is 21.0. The van der Waals surface area contributed by atoms with Gasteiger partial charge in [-0.1, -0.05) is 30.1 Å². The van der Waals surface area contributed by atoms with Gasteiger partial charge in [0.1, 0.15) is 5.76 Å². The predicted molar refractivity (Wildman–Crippen MR) is 116 cm³/mol. The van der Waals surface area contributed by atoms with E-state index in [4.69, 9.17) is 4.52 Å². The van der Waals surface area contributed by atoms with Crippen molar-refractivity contribution in [1.82, 2.24) is 15.0 Å². The first-order chi connectivity index (χ1) is 14.6. The van der Waals surface area contributed by atoms with E-state index in [1.165, 1.54) is 25.7 Å². The van der Waals surface area contributed by atoms with E-state index < -0.39 is 0 Å². The molecule has 2 amide bonds. The molecule has 1 aromatic heterocycles. The van der Waals surface area contributed by atoms with E-state index in [9.17, 15) is 9.59 Å². The lowest BCUT2D eigenvalue weighted by Crippen LogP contribution is -2.50. The number of piperazine rings is 1. The van der Waals surface area contributed by atoms with Crippen LogP contribution in [0.3, 0.4) is 0 Å². The molecule has 0 atom stereocenters. The fourth-order valence-electron chi connectivity index (χ4n) is 4.32. The normalized spacial score (nSPS) is 17.5. The second-order valence-corrected chi connectivity index (χ2v) is 9.26. The van der Waals surface area contributed by atoms with Crippen molar-refractivity contribution in [3.05, 3.63) is 47.3 Å². The van der Waals surface area contributed by atoms with Crippen LogP contribution in [-0.2, 0) is 10.5 Å². The molecule has 6 nitrogen and oxygen atoms in total. The van der Waals surface area contributed by atoms with Gasteiger partial charge in [-0.25, -0.2) is 0 Å². The molecule has 1 saturated carbocycles. The Hall–Kier alpha value is -2.28. The zero-order chi connectivity index (χ0) is 20.9. The Kier molecular flexibility index (Phi) is 6.77. The minimum atomic E-state index is 0.0368. The van der Waals surface area contributed by atoms with Crippen LogP contribution < -0.4 is 0 Å². The number of hydrogen-bond acceptors (Lipinski definition) is 5. The van der Waals surface area contributed by atoms with Crippen molar-refractivity contribution < 1.29 is 14.1 Å². The molecule has 2 aliphatic rings. The van der Waals surface area contributed by atoms with Crippen LogP contribution in [0, 0.1) is 12.8 Å². The molecule has 0 radical (unpaired) electrons. The van der Waals surface area contributed by atoms with E-state index in [-0.39, 0.29) is 11.8 Å². The second-order valence-electron chi connectivity index (χ2n) is 8.25. The van der Waals surface area contributed by atoms with E-state index >= 15 is 0 Å². The maximum Gasteiger partial charge on any atom is 0.255 e. The lowest BCUT2D eigenvalue weighted by Gasteiger charge is -2.35. The Bertz CT molecular complexity index is 883. The number of nitrogens with zero attached hydrogens (tertiary/aromatic N) is 3. The summed E-state index contributed by atoms with van der Waals surface area (Å²) in [5, 5.41) is 3.92. The Morgan fingerprint density at radius 2 is 1.80 bits per heavy atom. The fraction of sp³-hybridized carbons (Fsp3) is 0.522. The van der Waals surface area contributed by atoms with Crippen molar-refractivity contribution in [2.75, 3.05) is 26.2 Å². The Morgan fingerprint density at radius 3 is 2.50 bits per heavy atom. The summed E-state index contributed by atoms with van der Waals surface area (Å²) in [6.45, 7) is 4.34. The molecule has 2 heterocycles. The van der Waals surface area contributed by atoms with E-state index in [2.05, 4.69) is 5.16 Å². The average molecular weight is 428 g/mol. The van der Waals surface area contributed by atoms with E-state index in [0.717, 1.165) is 16.3 Å². The van der Waals surface area contributed by atoms with E-state index in [1.54, 1.807) is 11.8 Å². The Morgan fingerprint density at radius 1 is 1.10 bits per heavy atom. The van der Waals surface area contributed by atoms with Gasteiger partial charge in [-0.15, -0.1) is 11.8 Å². The maximum atomic E-state index is 13.2. The van der Waals surface area contributed by atoms with Crippen LogP contribution in [0.1, 0.15) is 53.9 Å². The van der Waals surface area contributed by atoms with Gasteiger partial charge in [0.2, 0.25) is 5.91 Å². The monoisotopic (exact) mass is 427 g/mol. The molecular formula is C23H29N3O3S. The minimum absolute atomic E-state index is 0.0368. The summed E-state index contributed by atoms with van der Waals surface area (Å²) in [6.07, 6.45) is 5.56. The highest BCUT2D eigenvalue weighted by atomic mass is 32.2. The van der Waals surface area contributed by atoms with Gasteiger partial charge in [0.15, 0.2) is 0 Å². The summed E-state index contributed by atoms with van der Waals surface area (Å²) < 4.78 is 5.28. The lowest BCUT2D eigenvalue weighted by molar-refractivity contribution is -0.133. The molecular weight excluding hydrogens is 398 g/mol. The number of carbonyl (C=O) groups excluding carboxylic acids is 2. The summed E-state index contributed by atoms with van der Waals surface area (Å²) in [5.41, 5.74) is 1.57. The number of amides is 2. The molecule has 7 heteroatoms.